The van der Waals surface area contributed by atoms with Gasteiger partial charge in [0.05, 0.1) is 37.5 Å². The summed E-state index contributed by atoms with van der Waals surface area (Å²) in [5, 5.41) is 12.0. The molecule has 0 radical (unpaired) electrons. The van der Waals surface area contributed by atoms with Crippen LogP contribution in [0.25, 0.3) is 0 Å². The highest BCUT2D eigenvalue weighted by Crippen LogP contribution is 2.24. The van der Waals surface area contributed by atoms with Gasteiger partial charge in [0, 0.05) is 18.5 Å². The van der Waals surface area contributed by atoms with E-state index in [1.807, 2.05) is 12.3 Å². The highest BCUT2D eigenvalue weighted by molar-refractivity contribution is 7.13. The molecule has 2 heterocycles. The number of anilines is 1. The molecule has 0 aromatic carbocycles. The van der Waals surface area contributed by atoms with Gasteiger partial charge in [0.1, 0.15) is 0 Å². The molecule has 0 aliphatic carbocycles. The minimum atomic E-state index is -0.257. The van der Waals surface area contributed by atoms with E-state index in [4.69, 9.17) is 9.47 Å². The fourth-order valence-corrected chi connectivity index (χ4v) is 3.03. The number of esters is 1. The lowest BCUT2D eigenvalue weighted by Crippen LogP contribution is -2.48. The van der Waals surface area contributed by atoms with Gasteiger partial charge >= 0.3 is 5.97 Å². The van der Waals surface area contributed by atoms with E-state index in [0.29, 0.717) is 13.2 Å². The highest BCUT2D eigenvalue weighted by atomic mass is 32.1. The third-order valence-electron chi connectivity index (χ3n) is 2.97. The number of aliphatic hydroxyl groups excluding tert-OH is 1. The molecule has 2 atom stereocenters. The standard InChI is InChI=1S/C13H20N2O4S/c1-3-18-12(17)4-10-8-20-13(14-10)15-5-9(2)19-11(6-15)7-16/h8-9,11,16H,3-7H2,1-2H3. The van der Waals surface area contributed by atoms with Crippen molar-refractivity contribution in [1.29, 1.82) is 0 Å². The predicted molar refractivity (Wildman–Crippen MR) is 76.1 cm³/mol. The summed E-state index contributed by atoms with van der Waals surface area (Å²) in [6.45, 7) is 5.50. The number of thiazole rings is 1. The van der Waals surface area contributed by atoms with Crippen LogP contribution in [0.4, 0.5) is 5.13 Å². The molecule has 2 unspecified atom stereocenters. The summed E-state index contributed by atoms with van der Waals surface area (Å²) in [5.74, 6) is -0.257. The lowest BCUT2D eigenvalue weighted by molar-refractivity contribution is -0.142. The van der Waals surface area contributed by atoms with Crippen molar-refractivity contribution in [2.45, 2.75) is 32.5 Å². The van der Waals surface area contributed by atoms with E-state index in [-0.39, 0.29) is 31.2 Å². The normalized spacial score (nSPS) is 22.9. The first kappa shape index (κ1) is 15.2. The van der Waals surface area contributed by atoms with Gasteiger partial charge in [-0.1, -0.05) is 0 Å². The van der Waals surface area contributed by atoms with Crippen molar-refractivity contribution in [3.8, 4) is 0 Å². The molecule has 1 fully saturated rings. The number of nitrogens with zero attached hydrogens (tertiary/aromatic N) is 2. The first-order chi connectivity index (χ1) is 9.62. The zero-order valence-electron chi connectivity index (χ0n) is 11.7. The predicted octanol–water partition coefficient (Wildman–Crippen LogP) is 0.835. The number of carbonyl (C=O) groups excluding carboxylic acids is 1. The Labute approximate surface area is 122 Å². The summed E-state index contributed by atoms with van der Waals surface area (Å²) in [4.78, 5) is 18.0. The summed E-state index contributed by atoms with van der Waals surface area (Å²) in [7, 11) is 0. The van der Waals surface area contributed by atoms with Crippen LogP contribution in [-0.2, 0) is 20.7 Å². The SMILES string of the molecule is CCOC(=O)Cc1csc(N2CC(C)OC(CO)C2)n1. The van der Waals surface area contributed by atoms with E-state index in [2.05, 4.69) is 9.88 Å². The number of hydrogen-bond acceptors (Lipinski definition) is 7. The van der Waals surface area contributed by atoms with Crippen LogP contribution in [-0.4, -0.2) is 54.6 Å². The Bertz CT molecular complexity index is 451. The number of ether oxygens (including phenoxy) is 2. The van der Waals surface area contributed by atoms with Gasteiger partial charge in [-0.05, 0) is 13.8 Å². The van der Waals surface area contributed by atoms with E-state index in [0.717, 1.165) is 17.4 Å². The summed E-state index contributed by atoms with van der Waals surface area (Å²) in [6.07, 6.45) is 0.0719. The Kier molecular flexibility index (Phi) is 5.33. The third kappa shape index (κ3) is 3.91. The molecule has 1 aliphatic heterocycles. The van der Waals surface area contributed by atoms with Crippen LogP contribution in [0.3, 0.4) is 0 Å². The Morgan fingerprint density at radius 2 is 2.45 bits per heavy atom. The largest absolute Gasteiger partial charge is 0.466 e. The molecule has 1 N–H and O–H groups in total. The molecule has 1 aromatic rings. The summed E-state index contributed by atoms with van der Waals surface area (Å²) in [6, 6.07) is 0. The topological polar surface area (TPSA) is 71.9 Å². The number of carbonyl (C=O) groups is 1. The van der Waals surface area contributed by atoms with Crippen LogP contribution in [0.15, 0.2) is 5.38 Å². The van der Waals surface area contributed by atoms with Crippen molar-refractivity contribution >= 4 is 22.4 Å². The molecular formula is C13H20N2O4S. The zero-order chi connectivity index (χ0) is 14.5. The highest BCUT2D eigenvalue weighted by Gasteiger charge is 2.26. The maximum Gasteiger partial charge on any atom is 0.311 e. The van der Waals surface area contributed by atoms with Crippen LogP contribution in [0.1, 0.15) is 19.5 Å². The Morgan fingerprint density at radius 3 is 3.15 bits per heavy atom. The van der Waals surface area contributed by atoms with Crippen molar-refractivity contribution in [2.75, 3.05) is 31.2 Å². The fraction of sp³-hybridized carbons (Fsp3) is 0.692. The molecule has 2 rings (SSSR count). The molecule has 0 amide bonds. The summed E-state index contributed by atoms with van der Waals surface area (Å²) >= 11 is 1.50. The molecule has 0 bridgehead atoms. The molecular weight excluding hydrogens is 280 g/mol. The van der Waals surface area contributed by atoms with Crippen LogP contribution >= 0.6 is 11.3 Å². The smallest absolute Gasteiger partial charge is 0.311 e. The molecule has 6 nitrogen and oxygen atoms in total. The average Bonchev–Trinajstić information content (AvgIpc) is 2.86. The zero-order valence-corrected chi connectivity index (χ0v) is 12.6. The fourth-order valence-electron chi connectivity index (χ4n) is 2.18. The van der Waals surface area contributed by atoms with Gasteiger partial charge in [-0.15, -0.1) is 11.3 Å². The minimum absolute atomic E-state index is 0.00188. The Hall–Kier alpha value is -1.18. The van der Waals surface area contributed by atoms with Gasteiger partial charge in [-0.25, -0.2) is 4.98 Å². The van der Waals surface area contributed by atoms with Gasteiger partial charge in [-0.3, -0.25) is 4.79 Å². The second kappa shape index (κ2) is 7.01. The molecule has 112 valence electrons. The van der Waals surface area contributed by atoms with Crippen molar-refractivity contribution in [3.63, 3.8) is 0 Å². The summed E-state index contributed by atoms with van der Waals surface area (Å²) < 4.78 is 10.5. The minimum Gasteiger partial charge on any atom is -0.466 e. The molecule has 1 saturated heterocycles. The molecule has 0 saturated carbocycles. The van der Waals surface area contributed by atoms with Gasteiger partial charge in [0.25, 0.3) is 0 Å². The lowest BCUT2D eigenvalue weighted by atomic mass is 10.2. The number of aromatic nitrogens is 1. The van der Waals surface area contributed by atoms with Crippen molar-refractivity contribution in [2.24, 2.45) is 0 Å². The van der Waals surface area contributed by atoms with Crippen molar-refractivity contribution in [3.05, 3.63) is 11.1 Å². The maximum absolute atomic E-state index is 11.4. The quantitative estimate of drug-likeness (QED) is 0.812. The van der Waals surface area contributed by atoms with Crippen molar-refractivity contribution in [1.82, 2.24) is 4.98 Å². The summed E-state index contributed by atoms with van der Waals surface area (Å²) in [5.41, 5.74) is 0.725. The van der Waals surface area contributed by atoms with Crippen LogP contribution < -0.4 is 4.90 Å². The second-order valence-electron chi connectivity index (χ2n) is 4.76. The van der Waals surface area contributed by atoms with Crippen LogP contribution in [0.5, 0.6) is 0 Å². The van der Waals surface area contributed by atoms with Crippen LogP contribution in [0, 0.1) is 0 Å². The van der Waals surface area contributed by atoms with Crippen LogP contribution in [0.2, 0.25) is 0 Å². The van der Waals surface area contributed by atoms with E-state index in [9.17, 15) is 9.90 Å². The van der Waals surface area contributed by atoms with E-state index >= 15 is 0 Å². The van der Waals surface area contributed by atoms with E-state index in [1.54, 1.807) is 6.92 Å². The lowest BCUT2D eigenvalue weighted by Gasteiger charge is -2.35. The van der Waals surface area contributed by atoms with Gasteiger partial charge in [0.15, 0.2) is 5.13 Å². The number of morpholine rings is 1. The second-order valence-corrected chi connectivity index (χ2v) is 5.60. The molecule has 20 heavy (non-hydrogen) atoms. The third-order valence-corrected chi connectivity index (χ3v) is 3.92. The number of hydrogen-bond donors (Lipinski definition) is 1. The first-order valence-electron chi connectivity index (χ1n) is 6.73. The maximum atomic E-state index is 11.4. The molecule has 1 aromatic heterocycles. The van der Waals surface area contributed by atoms with E-state index < -0.39 is 0 Å². The number of aliphatic hydroxyl groups is 1. The van der Waals surface area contributed by atoms with Gasteiger partial charge in [-0.2, -0.15) is 0 Å². The Balaban J connectivity index is 1.99. The first-order valence-corrected chi connectivity index (χ1v) is 7.61. The van der Waals surface area contributed by atoms with Crippen molar-refractivity contribution < 1.29 is 19.4 Å². The molecule has 7 heteroatoms. The van der Waals surface area contributed by atoms with Gasteiger partial charge in [0.2, 0.25) is 0 Å². The number of rotatable bonds is 5. The Morgan fingerprint density at radius 1 is 1.65 bits per heavy atom. The monoisotopic (exact) mass is 300 g/mol. The molecule has 0 spiro atoms. The van der Waals surface area contributed by atoms with Gasteiger partial charge < -0.3 is 19.5 Å². The molecule has 1 aliphatic rings. The average molecular weight is 300 g/mol. The van der Waals surface area contributed by atoms with E-state index in [1.165, 1.54) is 11.3 Å².